The molecular weight excluding hydrogens is 242 g/mol. The second-order valence-electron chi connectivity index (χ2n) is 4.10. The molecule has 0 aliphatic heterocycles. The van der Waals surface area contributed by atoms with Crippen LogP contribution in [0.3, 0.4) is 0 Å². The third-order valence-corrected chi connectivity index (χ3v) is 3.22. The molecule has 0 bridgehead atoms. The first-order chi connectivity index (χ1) is 8.09. The Bertz CT molecular complexity index is 461. The highest BCUT2D eigenvalue weighted by molar-refractivity contribution is 6.31. The number of carboxylic acid groups (broad SMARTS) is 1. The number of hydrogen-bond acceptors (Lipinski definition) is 2. The van der Waals surface area contributed by atoms with Crippen molar-refractivity contribution in [3.63, 3.8) is 0 Å². The molecule has 0 radical (unpaired) electrons. The number of carboxylic acids is 1. The Kier molecular flexibility index (Phi) is 3.33. The second kappa shape index (κ2) is 4.75. The standard InChI is InChI=1S/C12H12ClNO3/c13-10-4-2-1-3-7(10)6-14-11(15)8-5-9(8)12(16)17/h1-4,8-9H,5-6H2,(H,14,15)(H,16,17)/t8-,9+/m0/s1. The molecule has 1 aromatic carbocycles. The van der Waals surface area contributed by atoms with Crippen LogP contribution in [0.1, 0.15) is 12.0 Å². The van der Waals surface area contributed by atoms with Crippen molar-refractivity contribution in [2.75, 3.05) is 0 Å². The molecule has 0 heterocycles. The van der Waals surface area contributed by atoms with Crippen molar-refractivity contribution in [3.8, 4) is 0 Å². The van der Waals surface area contributed by atoms with Gasteiger partial charge in [-0.3, -0.25) is 9.59 Å². The van der Waals surface area contributed by atoms with E-state index < -0.39 is 11.9 Å². The maximum absolute atomic E-state index is 11.6. The van der Waals surface area contributed by atoms with Gasteiger partial charge >= 0.3 is 5.97 Å². The molecule has 1 aliphatic rings. The molecule has 90 valence electrons. The van der Waals surface area contributed by atoms with Crippen LogP contribution in [-0.2, 0) is 16.1 Å². The maximum Gasteiger partial charge on any atom is 0.307 e. The van der Waals surface area contributed by atoms with E-state index in [2.05, 4.69) is 5.32 Å². The number of carbonyl (C=O) groups is 2. The fourth-order valence-electron chi connectivity index (χ4n) is 1.71. The largest absolute Gasteiger partial charge is 0.481 e. The monoisotopic (exact) mass is 253 g/mol. The van der Waals surface area contributed by atoms with Crippen molar-refractivity contribution in [2.45, 2.75) is 13.0 Å². The minimum absolute atomic E-state index is 0.211. The lowest BCUT2D eigenvalue weighted by Gasteiger charge is -2.06. The van der Waals surface area contributed by atoms with Crippen LogP contribution in [0.15, 0.2) is 24.3 Å². The van der Waals surface area contributed by atoms with Crippen molar-refractivity contribution >= 4 is 23.5 Å². The summed E-state index contributed by atoms with van der Waals surface area (Å²) in [5.74, 6) is -2.00. The van der Waals surface area contributed by atoms with Crippen LogP contribution >= 0.6 is 11.6 Å². The van der Waals surface area contributed by atoms with Gasteiger partial charge in [-0.1, -0.05) is 29.8 Å². The van der Waals surface area contributed by atoms with Gasteiger partial charge in [0.2, 0.25) is 5.91 Å². The second-order valence-corrected chi connectivity index (χ2v) is 4.50. The van der Waals surface area contributed by atoms with Crippen LogP contribution in [0.4, 0.5) is 0 Å². The van der Waals surface area contributed by atoms with E-state index in [0.717, 1.165) is 5.56 Å². The molecule has 2 rings (SSSR count). The Morgan fingerprint density at radius 1 is 1.35 bits per heavy atom. The van der Waals surface area contributed by atoms with E-state index in [1.165, 1.54) is 0 Å². The number of hydrogen-bond donors (Lipinski definition) is 2. The molecule has 5 heteroatoms. The molecule has 0 spiro atoms. The molecule has 2 atom stereocenters. The average Bonchev–Trinajstić information content (AvgIpc) is 3.07. The fourth-order valence-corrected chi connectivity index (χ4v) is 1.92. The van der Waals surface area contributed by atoms with Gasteiger partial charge in [0, 0.05) is 11.6 Å². The van der Waals surface area contributed by atoms with Gasteiger partial charge in [-0.25, -0.2) is 0 Å². The summed E-state index contributed by atoms with van der Waals surface area (Å²) < 4.78 is 0. The van der Waals surface area contributed by atoms with Crippen molar-refractivity contribution < 1.29 is 14.7 Å². The Balaban J connectivity index is 1.86. The molecule has 2 N–H and O–H groups in total. The van der Waals surface area contributed by atoms with E-state index >= 15 is 0 Å². The third-order valence-electron chi connectivity index (χ3n) is 2.86. The summed E-state index contributed by atoms with van der Waals surface area (Å²) in [5.41, 5.74) is 0.829. The number of aliphatic carboxylic acids is 1. The lowest BCUT2D eigenvalue weighted by atomic mass is 10.2. The van der Waals surface area contributed by atoms with E-state index in [1.807, 2.05) is 18.2 Å². The van der Waals surface area contributed by atoms with E-state index in [9.17, 15) is 9.59 Å². The van der Waals surface area contributed by atoms with Crippen LogP contribution < -0.4 is 5.32 Å². The Hall–Kier alpha value is -1.55. The molecule has 1 aliphatic carbocycles. The van der Waals surface area contributed by atoms with Gasteiger partial charge in [0.25, 0.3) is 0 Å². The number of rotatable bonds is 4. The molecule has 0 unspecified atom stereocenters. The van der Waals surface area contributed by atoms with Gasteiger partial charge in [0.05, 0.1) is 11.8 Å². The zero-order valence-electron chi connectivity index (χ0n) is 9.02. The van der Waals surface area contributed by atoms with E-state index in [0.29, 0.717) is 18.0 Å². The molecular formula is C12H12ClNO3. The highest BCUT2D eigenvalue weighted by atomic mass is 35.5. The minimum Gasteiger partial charge on any atom is -0.481 e. The molecule has 1 aromatic rings. The summed E-state index contributed by atoms with van der Waals surface area (Å²) in [4.78, 5) is 22.2. The fraction of sp³-hybridized carbons (Fsp3) is 0.333. The molecule has 0 saturated heterocycles. The van der Waals surface area contributed by atoms with Crippen LogP contribution in [0, 0.1) is 11.8 Å². The minimum atomic E-state index is -0.900. The maximum atomic E-state index is 11.6. The normalized spacial score (nSPS) is 21.9. The number of amides is 1. The van der Waals surface area contributed by atoms with Crippen LogP contribution in [0.25, 0.3) is 0 Å². The highest BCUT2D eigenvalue weighted by Gasteiger charge is 2.48. The quantitative estimate of drug-likeness (QED) is 0.858. The predicted molar refractivity (Wildman–Crippen MR) is 62.5 cm³/mol. The summed E-state index contributed by atoms with van der Waals surface area (Å²) in [5, 5.41) is 12.0. The van der Waals surface area contributed by atoms with Crippen LogP contribution in [-0.4, -0.2) is 17.0 Å². The molecule has 1 saturated carbocycles. The first-order valence-corrected chi connectivity index (χ1v) is 5.71. The van der Waals surface area contributed by atoms with Gasteiger partial charge in [0.1, 0.15) is 0 Å². The number of benzene rings is 1. The Labute approximate surface area is 104 Å². The van der Waals surface area contributed by atoms with Gasteiger partial charge in [-0.2, -0.15) is 0 Å². The Morgan fingerprint density at radius 2 is 2.06 bits per heavy atom. The summed E-state index contributed by atoms with van der Waals surface area (Å²) in [7, 11) is 0. The summed E-state index contributed by atoms with van der Waals surface area (Å²) >= 11 is 5.94. The molecule has 1 fully saturated rings. The van der Waals surface area contributed by atoms with Crippen molar-refractivity contribution in [1.29, 1.82) is 0 Å². The van der Waals surface area contributed by atoms with Gasteiger partial charge < -0.3 is 10.4 Å². The average molecular weight is 254 g/mol. The first-order valence-electron chi connectivity index (χ1n) is 5.33. The zero-order chi connectivity index (χ0) is 12.4. The lowest BCUT2D eigenvalue weighted by Crippen LogP contribution is -2.26. The SMILES string of the molecule is O=C(NCc1ccccc1Cl)[C@H]1C[C@H]1C(=O)O. The molecule has 4 nitrogen and oxygen atoms in total. The summed E-state index contributed by atoms with van der Waals surface area (Å²) in [6.07, 6.45) is 0.434. The molecule has 0 aromatic heterocycles. The highest BCUT2D eigenvalue weighted by Crippen LogP contribution is 2.38. The van der Waals surface area contributed by atoms with Crippen molar-refractivity contribution in [2.24, 2.45) is 11.8 Å². The van der Waals surface area contributed by atoms with E-state index in [-0.39, 0.29) is 11.8 Å². The number of carbonyl (C=O) groups excluding carboxylic acids is 1. The van der Waals surface area contributed by atoms with Gasteiger partial charge in [-0.05, 0) is 18.1 Å². The van der Waals surface area contributed by atoms with Gasteiger partial charge in [-0.15, -0.1) is 0 Å². The summed E-state index contributed by atoms with van der Waals surface area (Å²) in [6, 6.07) is 7.23. The first kappa shape index (κ1) is 11.9. The topological polar surface area (TPSA) is 66.4 Å². The van der Waals surface area contributed by atoms with Crippen LogP contribution in [0.2, 0.25) is 5.02 Å². The molecule has 17 heavy (non-hydrogen) atoms. The smallest absolute Gasteiger partial charge is 0.307 e. The van der Waals surface area contributed by atoms with Crippen molar-refractivity contribution in [3.05, 3.63) is 34.9 Å². The number of halogens is 1. The Morgan fingerprint density at radius 3 is 2.65 bits per heavy atom. The van der Waals surface area contributed by atoms with E-state index in [1.54, 1.807) is 6.07 Å². The number of nitrogens with one attached hydrogen (secondary N) is 1. The molecule has 1 amide bonds. The summed E-state index contributed by atoms with van der Waals surface area (Å²) in [6.45, 7) is 0.335. The van der Waals surface area contributed by atoms with Gasteiger partial charge in [0.15, 0.2) is 0 Å². The van der Waals surface area contributed by atoms with Crippen molar-refractivity contribution in [1.82, 2.24) is 5.32 Å². The van der Waals surface area contributed by atoms with Crippen LogP contribution in [0.5, 0.6) is 0 Å². The third kappa shape index (κ3) is 2.77. The predicted octanol–water partition coefficient (Wildman–Crippen LogP) is 1.68. The lowest BCUT2D eigenvalue weighted by molar-refractivity contribution is -0.140. The van der Waals surface area contributed by atoms with E-state index in [4.69, 9.17) is 16.7 Å². The zero-order valence-corrected chi connectivity index (χ0v) is 9.78.